The topological polar surface area (TPSA) is 21.3 Å². The van der Waals surface area contributed by atoms with Crippen LogP contribution >= 0.6 is 0 Å². The Kier molecular flexibility index (Phi) is 4.32. The van der Waals surface area contributed by atoms with Crippen LogP contribution in [0.2, 0.25) is 0 Å². The maximum Gasteiger partial charge on any atom is 0.0933 e. The molecule has 0 spiro atoms. The lowest BCUT2D eigenvalue weighted by Crippen LogP contribution is -2.43. The first-order chi connectivity index (χ1) is 8.86. The summed E-state index contributed by atoms with van der Waals surface area (Å²) in [6.45, 7) is 10.1. The van der Waals surface area contributed by atoms with E-state index in [-0.39, 0.29) is 0 Å². The van der Waals surface area contributed by atoms with Gasteiger partial charge in [-0.1, -0.05) is 58.0 Å². The third-order valence-corrected chi connectivity index (χ3v) is 3.89. The van der Waals surface area contributed by atoms with Crippen molar-refractivity contribution in [1.82, 2.24) is 5.48 Å². The van der Waals surface area contributed by atoms with Crippen LogP contribution in [0, 0.1) is 10.8 Å². The molecule has 0 radical (unpaired) electrons. The summed E-state index contributed by atoms with van der Waals surface area (Å²) in [5.74, 6) is 0. The van der Waals surface area contributed by atoms with Gasteiger partial charge in [0.1, 0.15) is 0 Å². The Bertz CT molecular complexity index is 381. The number of hydrogen-bond acceptors (Lipinski definition) is 2. The molecule has 0 bridgehead atoms. The van der Waals surface area contributed by atoms with Gasteiger partial charge in [0.15, 0.2) is 0 Å². The third kappa shape index (κ3) is 4.63. The first kappa shape index (κ1) is 14.5. The molecule has 1 N–H and O–H groups in total. The van der Waals surface area contributed by atoms with E-state index in [1.54, 1.807) is 0 Å². The second-order valence-corrected chi connectivity index (χ2v) is 7.50. The fraction of sp³-hybridized carbons (Fsp3) is 0.647. The van der Waals surface area contributed by atoms with E-state index in [2.05, 4.69) is 45.3 Å². The highest BCUT2D eigenvalue weighted by molar-refractivity contribution is 5.13. The van der Waals surface area contributed by atoms with Crippen molar-refractivity contribution in [3.63, 3.8) is 0 Å². The van der Waals surface area contributed by atoms with Crippen LogP contribution in [0.15, 0.2) is 30.3 Å². The van der Waals surface area contributed by atoms with Crippen LogP contribution in [0.3, 0.4) is 0 Å². The quantitative estimate of drug-likeness (QED) is 0.815. The molecule has 2 nitrogen and oxygen atoms in total. The molecule has 0 amide bonds. The van der Waals surface area contributed by atoms with E-state index >= 15 is 0 Å². The molecule has 0 unspecified atom stereocenters. The van der Waals surface area contributed by atoms with E-state index in [0.29, 0.717) is 23.5 Å². The van der Waals surface area contributed by atoms with Crippen LogP contribution in [-0.2, 0) is 11.4 Å². The molecule has 0 aliphatic heterocycles. The third-order valence-electron chi connectivity index (χ3n) is 3.89. The van der Waals surface area contributed by atoms with Crippen molar-refractivity contribution < 1.29 is 4.84 Å². The first-order valence-electron chi connectivity index (χ1n) is 7.28. The molecular formula is C17H27NO. The molecule has 19 heavy (non-hydrogen) atoms. The Morgan fingerprint density at radius 3 is 2.21 bits per heavy atom. The predicted molar refractivity (Wildman–Crippen MR) is 79.6 cm³/mol. The van der Waals surface area contributed by atoms with Crippen molar-refractivity contribution in [1.29, 1.82) is 0 Å². The van der Waals surface area contributed by atoms with Gasteiger partial charge in [0, 0.05) is 6.04 Å². The van der Waals surface area contributed by atoms with Gasteiger partial charge in [0.2, 0.25) is 0 Å². The van der Waals surface area contributed by atoms with Crippen molar-refractivity contribution >= 4 is 0 Å². The van der Waals surface area contributed by atoms with Gasteiger partial charge in [-0.2, -0.15) is 5.48 Å². The average Bonchev–Trinajstić information content (AvgIpc) is 2.26. The fourth-order valence-electron chi connectivity index (χ4n) is 3.75. The minimum Gasteiger partial charge on any atom is -0.297 e. The van der Waals surface area contributed by atoms with Gasteiger partial charge < -0.3 is 0 Å². The zero-order valence-corrected chi connectivity index (χ0v) is 12.7. The van der Waals surface area contributed by atoms with Gasteiger partial charge in [-0.15, -0.1) is 0 Å². The van der Waals surface area contributed by atoms with Crippen molar-refractivity contribution in [3.8, 4) is 0 Å². The first-order valence-corrected chi connectivity index (χ1v) is 7.28. The van der Waals surface area contributed by atoms with E-state index < -0.39 is 0 Å². The highest BCUT2D eigenvalue weighted by Gasteiger charge is 2.38. The van der Waals surface area contributed by atoms with Crippen molar-refractivity contribution in [3.05, 3.63) is 35.9 Å². The molecule has 0 heterocycles. The highest BCUT2D eigenvalue weighted by atomic mass is 16.6. The summed E-state index contributed by atoms with van der Waals surface area (Å²) in [5, 5.41) is 0. The lowest BCUT2D eigenvalue weighted by molar-refractivity contribution is -0.0394. The highest BCUT2D eigenvalue weighted by Crippen LogP contribution is 2.45. The Labute approximate surface area is 117 Å². The van der Waals surface area contributed by atoms with Crippen molar-refractivity contribution in [2.24, 2.45) is 10.8 Å². The molecular weight excluding hydrogens is 234 g/mol. The Morgan fingerprint density at radius 2 is 1.63 bits per heavy atom. The average molecular weight is 261 g/mol. The Hall–Kier alpha value is -0.860. The van der Waals surface area contributed by atoms with Gasteiger partial charge in [-0.05, 0) is 35.7 Å². The molecule has 1 aliphatic carbocycles. The monoisotopic (exact) mass is 261 g/mol. The summed E-state index contributed by atoms with van der Waals surface area (Å²) in [6.07, 6.45) is 3.66. The molecule has 106 valence electrons. The predicted octanol–water partition coefficient (Wildman–Crippen LogP) is 4.31. The molecule has 1 aromatic rings. The molecule has 1 aliphatic rings. The maximum atomic E-state index is 5.70. The number of hydrogen-bond donors (Lipinski definition) is 1. The SMILES string of the molecule is CC1(C)CC(NOCc2ccccc2)CC(C)(C)C1. The molecule has 2 heteroatoms. The van der Waals surface area contributed by atoms with Gasteiger partial charge in [-0.3, -0.25) is 4.84 Å². The molecule has 1 saturated carbocycles. The van der Waals surface area contributed by atoms with E-state index in [1.165, 1.54) is 24.8 Å². The van der Waals surface area contributed by atoms with Crippen LogP contribution in [0.4, 0.5) is 0 Å². The minimum absolute atomic E-state index is 0.398. The van der Waals surface area contributed by atoms with Crippen LogP contribution in [0.5, 0.6) is 0 Å². The van der Waals surface area contributed by atoms with Crippen LogP contribution in [0.1, 0.15) is 52.5 Å². The standard InChI is InChI=1S/C17H27NO/c1-16(2)10-15(11-17(3,4)13-16)18-19-12-14-8-6-5-7-9-14/h5-9,15,18H,10-13H2,1-4H3. The van der Waals surface area contributed by atoms with Gasteiger partial charge >= 0.3 is 0 Å². The van der Waals surface area contributed by atoms with E-state index in [9.17, 15) is 0 Å². The van der Waals surface area contributed by atoms with Gasteiger partial charge in [0.25, 0.3) is 0 Å². The molecule has 1 fully saturated rings. The van der Waals surface area contributed by atoms with Gasteiger partial charge in [-0.25, -0.2) is 0 Å². The largest absolute Gasteiger partial charge is 0.297 e. The summed E-state index contributed by atoms with van der Waals surface area (Å²) in [5.41, 5.74) is 5.29. The Balaban J connectivity index is 1.82. The number of rotatable bonds is 4. The summed E-state index contributed by atoms with van der Waals surface area (Å²) in [4.78, 5) is 5.70. The zero-order chi connectivity index (χ0) is 13.9. The van der Waals surface area contributed by atoms with E-state index in [1.807, 2.05) is 18.2 Å². The second-order valence-electron chi connectivity index (χ2n) is 7.50. The normalized spacial score (nSPS) is 22.3. The molecule has 0 aromatic heterocycles. The number of nitrogens with one attached hydrogen (secondary N) is 1. The molecule has 2 rings (SSSR count). The smallest absolute Gasteiger partial charge is 0.0933 e. The van der Waals surface area contributed by atoms with Crippen molar-refractivity contribution in [2.75, 3.05) is 0 Å². The van der Waals surface area contributed by atoms with Crippen LogP contribution in [-0.4, -0.2) is 6.04 Å². The lowest BCUT2D eigenvalue weighted by atomic mass is 9.64. The maximum absolute atomic E-state index is 5.70. The Morgan fingerprint density at radius 1 is 1.05 bits per heavy atom. The van der Waals surface area contributed by atoms with Crippen LogP contribution < -0.4 is 5.48 Å². The molecule has 1 aromatic carbocycles. The zero-order valence-electron chi connectivity index (χ0n) is 12.7. The fourth-order valence-corrected chi connectivity index (χ4v) is 3.75. The number of benzene rings is 1. The summed E-state index contributed by atoms with van der Waals surface area (Å²) >= 11 is 0. The lowest BCUT2D eigenvalue weighted by Gasteiger charge is -2.44. The molecule has 0 saturated heterocycles. The molecule has 0 atom stereocenters. The van der Waals surface area contributed by atoms with Gasteiger partial charge in [0.05, 0.1) is 6.61 Å². The summed E-state index contributed by atoms with van der Waals surface area (Å²) < 4.78 is 0. The minimum atomic E-state index is 0.398. The summed E-state index contributed by atoms with van der Waals surface area (Å²) in [7, 11) is 0. The van der Waals surface area contributed by atoms with Crippen LogP contribution in [0.25, 0.3) is 0 Å². The number of hydroxylamine groups is 1. The van der Waals surface area contributed by atoms with E-state index in [4.69, 9.17) is 4.84 Å². The van der Waals surface area contributed by atoms with E-state index in [0.717, 1.165) is 0 Å². The van der Waals surface area contributed by atoms with Crippen molar-refractivity contribution in [2.45, 2.75) is 59.6 Å². The second kappa shape index (κ2) is 5.64. The summed E-state index contributed by atoms with van der Waals surface area (Å²) in [6, 6.07) is 10.8.